The second-order valence-corrected chi connectivity index (χ2v) is 9.42. The maximum Gasteiger partial charge on any atom is 0.312 e. The third-order valence-corrected chi connectivity index (χ3v) is 7.60. The molecule has 4 aliphatic rings. The van der Waals surface area contributed by atoms with Crippen molar-refractivity contribution < 1.29 is 14.3 Å². The van der Waals surface area contributed by atoms with Crippen LogP contribution in [0.4, 0.5) is 11.4 Å². The van der Waals surface area contributed by atoms with Gasteiger partial charge in [-0.3, -0.25) is 9.69 Å². The Morgan fingerprint density at radius 2 is 1.53 bits per heavy atom. The van der Waals surface area contributed by atoms with Gasteiger partial charge in [-0.15, -0.1) is 0 Å². The highest BCUT2D eigenvalue weighted by Gasteiger charge is 2.50. The molecule has 0 aromatic heterocycles. The number of hydrogen-bond acceptors (Lipinski definition) is 6. The van der Waals surface area contributed by atoms with Crippen molar-refractivity contribution in [3.05, 3.63) is 24.3 Å². The number of anilines is 2. The second kappa shape index (κ2) is 8.75. The average Bonchev–Trinajstić information content (AvgIpc) is 3.40. The Kier molecular flexibility index (Phi) is 5.87. The van der Waals surface area contributed by atoms with Crippen molar-refractivity contribution in [2.45, 2.75) is 44.6 Å². The van der Waals surface area contributed by atoms with E-state index in [4.69, 9.17) is 9.47 Å². The van der Waals surface area contributed by atoms with Crippen molar-refractivity contribution in [1.29, 1.82) is 0 Å². The van der Waals surface area contributed by atoms with Crippen molar-refractivity contribution in [3.8, 4) is 0 Å². The maximum atomic E-state index is 12.4. The number of cyclic esters (lactones) is 1. The zero-order chi connectivity index (χ0) is 20.4. The van der Waals surface area contributed by atoms with E-state index in [1.807, 2.05) is 0 Å². The Balaban J connectivity index is 1.13. The van der Waals surface area contributed by atoms with Gasteiger partial charge in [0.15, 0.2) is 0 Å². The molecule has 1 saturated carbocycles. The number of rotatable bonds is 5. The molecule has 1 spiro atoms. The highest BCUT2D eigenvalue weighted by Crippen LogP contribution is 2.48. The van der Waals surface area contributed by atoms with Gasteiger partial charge in [0.25, 0.3) is 0 Å². The predicted molar refractivity (Wildman–Crippen MR) is 118 cm³/mol. The highest BCUT2D eigenvalue weighted by atomic mass is 16.6. The minimum Gasteiger partial charge on any atom is -0.462 e. The van der Waals surface area contributed by atoms with Gasteiger partial charge in [0, 0.05) is 52.2 Å². The van der Waals surface area contributed by atoms with Gasteiger partial charge in [0.05, 0.1) is 30.0 Å². The zero-order valence-corrected chi connectivity index (χ0v) is 18.1. The summed E-state index contributed by atoms with van der Waals surface area (Å²) in [6, 6.07) is 8.81. The number of para-hydroxylation sites is 2. The number of benzene rings is 1. The van der Waals surface area contributed by atoms with E-state index in [1.165, 1.54) is 24.2 Å². The fraction of sp³-hybridized carbons (Fsp3) is 0.708. The molecule has 0 bridgehead atoms. The quantitative estimate of drug-likeness (QED) is 0.692. The van der Waals surface area contributed by atoms with Crippen LogP contribution in [0.3, 0.4) is 0 Å². The summed E-state index contributed by atoms with van der Waals surface area (Å²) in [6.45, 7) is 8.85. The fourth-order valence-corrected chi connectivity index (χ4v) is 5.80. The molecule has 6 nitrogen and oxygen atoms in total. The Labute approximate surface area is 180 Å². The first-order valence-corrected chi connectivity index (χ1v) is 11.8. The second-order valence-electron chi connectivity index (χ2n) is 9.42. The Bertz CT molecular complexity index is 735. The predicted octanol–water partition coefficient (Wildman–Crippen LogP) is 2.91. The summed E-state index contributed by atoms with van der Waals surface area (Å²) in [5.41, 5.74) is 2.58. The van der Waals surface area contributed by atoms with E-state index < -0.39 is 0 Å². The molecule has 30 heavy (non-hydrogen) atoms. The number of carbonyl (C=O) groups is 1. The van der Waals surface area contributed by atoms with Crippen LogP contribution in [0.2, 0.25) is 0 Å². The van der Waals surface area contributed by atoms with Crippen LogP contribution in [0.5, 0.6) is 0 Å². The summed E-state index contributed by atoms with van der Waals surface area (Å²) < 4.78 is 11.3. The minimum absolute atomic E-state index is 0.0922. The van der Waals surface area contributed by atoms with Gasteiger partial charge in [0.2, 0.25) is 0 Å². The standard InChI is InChI=1S/C24H35N3O3/c28-23-24(8-3-4-9-24)19-20(30-23)7-10-25-11-13-26(14-12-25)21-5-1-2-6-22(21)27-15-17-29-18-16-27/h1-2,5-6,20H,3-4,7-19H2/t20-/m1/s1. The summed E-state index contributed by atoms with van der Waals surface area (Å²) in [7, 11) is 0. The molecule has 3 aliphatic heterocycles. The van der Waals surface area contributed by atoms with Gasteiger partial charge >= 0.3 is 5.97 Å². The molecular formula is C24H35N3O3. The lowest BCUT2D eigenvalue weighted by Gasteiger charge is -2.39. The first-order valence-electron chi connectivity index (χ1n) is 11.8. The summed E-state index contributed by atoms with van der Waals surface area (Å²) in [6.07, 6.45) is 6.55. The molecule has 0 N–H and O–H groups in total. The molecular weight excluding hydrogens is 378 g/mol. The van der Waals surface area contributed by atoms with Gasteiger partial charge in [-0.1, -0.05) is 25.0 Å². The van der Waals surface area contributed by atoms with Crippen molar-refractivity contribution in [2.75, 3.05) is 68.8 Å². The van der Waals surface area contributed by atoms with Crippen LogP contribution in [-0.2, 0) is 14.3 Å². The van der Waals surface area contributed by atoms with Crippen LogP contribution in [-0.4, -0.2) is 76.0 Å². The lowest BCUT2D eigenvalue weighted by molar-refractivity contribution is -0.148. The van der Waals surface area contributed by atoms with Crippen LogP contribution < -0.4 is 9.80 Å². The first kappa shape index (κ1) is 20.1. The minimum atomic E-state index is -0.118. The molecule has 164 valence electrons. The molecule has 5 rings (SSSR count). The lowest BCUT2D eigenvalue weighted by Crippen LogP contribution is -2.47. The number of nitrogens with zero attached hydrogens (tertiary/aromatic N) is 3. The molecule has 3 heterocycles. The Hall–Kier alpha value is -1.79. The first-order chi connectivity index (χ1) is 14.7. The molecule has 0 amide bonds. The smallest absolute Gasteiger partial charge is 0.312 e. The van der Waals surface area contributed by atoms with Gasteiger partial charge in [0.1, 0.15) is 6.10 Å². The largest absolute Gasteiger partial charge is 0.462 e. The monoisotopic (exact) mass is 413 g/mol. The summed E-state index contributed by atoms with van der Waals surface area (Å²) in [5, 5.41) is 0. The van der Waals surface area contributed by atoms with Crippen molar-refractivity contribution in [3.63, 3.8) is 0 Å². The Morgan fingerprint density at radius 3 is 2.20 bits per heavy atom. The van der Waals surface area contributed by atoms with Gasteiger partial charge < -0.3 is 19.3 Å². The van der Waals surface area contributed by atoms with E-state index in [0.29, 0.717) is 0 Å². The van der Waals surface area contributed by atoms with Crippen LogP contribution in [0.25, 0.3) is 0 Å². The SMILES string of the molecule is O=C1O[C@H](CCN2CCN(c3ccccc3N3CCOCC3)CC2)CC12CCCC2. The molecule has 0 radical (unpaired) electrons. The van der Waals surface area contributed by atoms with Gasteiger partial charge in [-0.2, -0.15) is 0 Å². The third kappa shape index (κ3) is 4.04. The van der Waals surface area contributed by atoms with Gasteiger partial charge in [-0.25, -0.2) is 0 Å². The summed E-state index contributed by atoms with van der Waals surface area (Å²) in [5.74, 6) is 0.0922. The summed E-state index contributed by atoms with van der Waals surface area (Å²) >= 11 is 0. The van der Waals surface area contributed by atoms with E-state index in [9.17, 15) is 4.79 Å². The lowest BCUT2D eigenvalue weighted by atomic mass is 9.83. The van der Waals surface area contributed by atoms with E-state index in [0.717, 1.165) is 84.7 Å². The normalized spacial score (nSPS) is 27.1. The summed E-state index contributed by atoms with van der Waals surface area (Å²) in [4.78, 5) is 19.9. The van der Waals surface area contributed by atoms with Crippen LogP contribution >= 0.6 is 0 Å². The number of carbonyl (C=O) groups excluding carboxylic acids is 1. The zero-order valence-electron chi connectivity index (χ0n) is 18.1. The fourth-order valence-electron chi connectivity index (χ4n) is 5.80. The van der Waals surface area contributed by atoms with E-state index in [2.05, 4.69) is 39.0 Å². The van der Waals surface area contributed by atoms with E-state index >= 15 is 0 Å². The molecule has 3 saturated heterocycles. The van der Waals surface area contributed by atoms with Gasteiger partial charge in [-0.05, 0) is 31.4 Å². The molecule has 6 heteroatoms. The van der Waals surface area contributed by atoms with E-state index in [1.54, 1.807) is 0 Å². The van der Waals surface area contributed by atoms with E-state index in [-0.39, 0.29) is 17.5 Å². The van der Waals surface area contributed by atoms with Crippen molar-refractivity contribution >= 4 is 17.3 Å². The molecule has 4 fully saturated rings. The number of hydrogen-bond donors (Lipinski definition) is 0. The number of piperazine rings is 1. The van der Waals surface area contributed by atoms with Crippen LogP contribution in [0.15, 0.2) is 24.3 Å². The number of esters is 1. The number of morpholine rings is 1. The van der Waals surface area contributed by atoms with Crippen LogP contribution in [0, 0.1) is 5.41 Å². The Morgan fingerprint density at radius 1 is 0.900 bits per heavy atom. The number of ether oxygens (including phenoxy) is 2. The maximum absolute atomic E-state index is 12.4. The topological polar surface area (TPSA) is 45.2 Å². The average molecular weight is 414 g/mol. The molecule has 1 atom stereocenters. The van der Waals surface area contributed by atoms with Crippen LogP contribution in [0.1, 0.15) is 38.5 Å². The molecule has 1 aromatic carbocycles. The van der Waals surface area contributed by atoms with Crippen molar-refractivity contribution in [1.82, 2.24) is 4.90 Å². The molecule has 1 aliphatic carbocycles. The van der Waals surface area contributed by atoms with Crippen molar-refractivity contribution in [2.24, 2.45) is 5.41 Å². The molecule has 1 aromatic rings. The highest BCUT2D eigenvalue weighted by molar-refractivity contribution is 5.79. The molecule has 0 unspecified atom stereocenters. The third-order valence-electron chi connectivity index (χ3n) is 7.60.